The molecule has 1 atom stereocenters. The Bertz CT molecular complexity index is 1670. The van der Waals surface area contributed by atoms with E-state index in [2.05, 4.69) is 0 Å². The molecular weight excluding hydrogens is 472 g/mol. The second-order valence-electron chi connectivity index (χ2n) is 8.13. The van der Waals surface area contributed by atoms with Crippen molar-refractivity contribution >= 4 is 55.2 Å². The van der Waals surface area contributed by atoms with Crippen molar-refractivity contribution in [1.82, 2.24) is 4.98 Å². The largest absolute Gasteiger partial charge is 0.497 e. The average Bonchev–Trinajstić information content (AvgIpc) is 3.38. The van der Waals surface area contributed by atoms with Gasteiger partial charge in [0.2, 0.25) is 5.76 Å². The monoisotopic (exact) mass is 488 g/mol. The zero-order valence-corrected chi connectivity index (χ0v) is 19.7. The second kappa shape index (κ2) is 7.68. The highest BCUT2D eigenvalue weighted by Gasteiger charge is 2.45. The number of carbonyl (C=O) groups excluding carboxylic acids is 1. The molecule has 0 fully saturated rings. The van der Waals surface area contributed by atoms with E-state index in [1.807, 2.05) is 49.4 Å². The van der Waals surface area contributed by atoms with E-state index in [4.69, 9.17) is 25.7 Å². The van der Waals surface area contributed by atoms with Crippen LogP contribution in [0.2, 0.25) is 5.02 Å². The summed E-state index contributed by atoms with van der Waals surface area (Å²) in [6.45, 7) is 1.99. The number of amides is 1. The number of benzene rings is 3. The fourth-order valence-electron chi connectivity index (χ4n) is 4.33. The number of aromatic nitrogens is 1. The van der Waals surface area contributed by atoms with Gasteiger partial charge in [0.1, 0.15) is 11.3 Å². The van der Waals surface area contributed by atoms with Crippen LogP contribution >= 0.6 is 22.9 Å². The Kier molecular flexibility index (Phi) is 4.72. The number of nitrogens with zero attached hydrogens (tertiary/aromatic N) is 2. The SMILES string of the molecule is COc1ccc2nc(N3C(=O)c4oc5ccc(Cl)cc5c(=O)c4[C@@H]3c3ccc(C)cc3)sc2c1. The molecule has 3 aromatic carbocycles. The van der Waals surface area contributed by atoms with E-state index in [1.165, 1.54) is 11.3 Å². The van der Waals surface area contributed by atoms with E-state index in [9.17, 15) is 9.59 Å². The smallest absolute Gasteiger partial charge is 0.297 e. The quantitative estimate of drug-likeness (QED) is 0.306. The van der Waals surface area contributed by atoms with Crippen LogP contribution < -0.4 is 15.1 Å². The molecule has 5 aromatic rings. The number of carbonyl (C=O) groups is 1. The van der Waals surface area contributed by atoms with Gasteiger partial charge in [-0.1, -0.05) is 52.8 Å². The minimum atomic E-state index is -0.676. The summed E-state index contributed by atoms with van der Waals surface area (Å²) < 4.78 is 12.2. The molecule has 0 bridgehead atoms. The van der Waals surface area contributed by atoms with Crippen LogP contribution in [0.5, 0.6) is 5.75 Å². The molecule has 34 heavy (non-hydrogen) atoms. The molecule has 8 heteroatoms. The van der Waals surface area contributed by atoms with Crippen molar-refractivity contribution < 1.29 is 13.9 Å². The number of anilines is 1. The zero-order chi connectivity index (χ0) is 23.6. The molecule has 0 saturated heterocycles. The molecule has 0 saturated carbocycles. The molecule has 3 heterocycles. The average molecular weight is 489 g/mol. The van der Waals surface area contributed by atoms with Gasteiger partial charge in [0.05, 0.1) is 34.3 Å². The number of thiazole rings is 1. The van der Waals surface area contributed by atoms with Crippen molar-refractivity contribution in [2.45, 2.75) is 13.0 Å². The maximum absolute atomic E-state index is 13.7. The van der Waals surface area contributed by atoms with Crippen molar-refractivity contribution in [3.8, 4) is 5.75 Å². The molecule has 2 aromatic heterocycles. The van der Waals surface area contributed by atoms with Gasteiger partial charge >= 0.3 is 0 Å². The van der Waals surface area contributed by atoms with Crippen LogP contribution in [0.25, 0.3) is 21.2 Å². The van der Waals surface area contributed by atoms with Crippen molar-refractivity contribution in [2.24, 2.45) is 0 Å². The van der Waals surface area contributed by atoms with Crippen molar-refractivity contribution in [3.05, 3.63) is 98.4 Å². The highest BCUT2D eigenvalue weighted by Crippen LogP contribution is 2.44. The predicted molar refractivity (Wildman–Crippen MR) is 133 cm³/mol. The van der Waals surface area contributed by atoms with Gasteiger partial charge in [-0.3, -0.25) is 14.5 Å². The molecule has 1 amide bonds. The van der Waals surface area contributed by atoms with Crippen LogP contribution in [0, 0.1) is 6.92 Å². The molecule has 1 aliphatic rings. The lowest BCUT2D eigenvalue weighted by Crippen LogP contribution is -2.29. The van der Waals surface area contributed by atoms with Crippen LogP contribution in [0.1, 0.15) is 33.3 Å². The summed E-state index contributed by atoms with van der Waals surface area (Å²) in [5, 5.41) is 1.24. The molecule has 1 aliphatic heterocycles. The van der Waals surface area contributed by atoms with Crippen molar-refractivity contribution in [3.63, 3.8) is 0 Å². The van der Waals surface area contributed by atoms with Gasteiger partial charge in [-0.2, -0.15) is 0 Å². The molecular formula is C26H17ClN2O4S. The van der Waals surface area contributed by atoms with E-state index in [0.717, 1.165) is 21.3 Å². The Balaban J connectivity index is 1.62. The Morgan fingerprint density at radius 2 is 1.85 bits per heavy atom. The van der Waals surface area contributed by atoms with Crippen LogP contribution in [-0.4, -0.2) is 18.0 Å². The van der Waals surface area contributed by atoms with Gasteiger partial charge < -0.3 is 9.15 Å². The third-order valence-corrected chi connectivity index (χ3v) is 7.27. The molecule has 0 spiro atoms. The van der Waals surface area contributed by atoms with E-state index in [0.29, 0.717) is 32.4 Å². The first-order valence-electron chi connectivity index (χ1n) is 10.6. The second-order valence-corrected chi connectivity index (χ2v) is 9.58. The summed E-state index contributed by atoms with van der Waals surface area (Å²) in [5.41, 5.74) is 2.94. The van der Waals surface area contributed by atoms with E-state index in [-0.39, 0.29) is 11.2 Å². The summed E-state index contributed by atoms with van der Waals surface area (Å²) in [6, 6.07) is 17.5. The fraction of sp³-hybridized carbons (Fsp3) is 0.115. The Hall–Kier alpha value is -3.68. The summed E-state index contributed by atoms with van der Waals surface area (Å²) in [4.78, 5) is 33.7. The summed E-state index contributed by atoms with van der Waals surface area (Å²) in [7, 11) is 1.60. The van der Waals surface area contributed by atoms with Crippen LogP contribution in [-0.2, 0) is 0 Å². The number of rotatable bonds is 3. The Labute approximate surface area is 203 Å². The Morgan fingerprint density at radius 3 is 2.62 bits per heavy atom. The highest BCUT2D eigenvalue weighted by atomic mass is 35.5. The lowest BCUT2D eigenvalue weighted by molar-refractivity contribution is 0.0971. The number of aryl methyl sites for hydroxylation is 1. The topological polar surface area (TPSA) is 72.6 Å². The molecule has 0 aliphatic carbocycles. The van der Waals surface area contributed by atoms with Crippen molar-refractivity contribution in [2.75, 3.05) is 12.0 Å². The molecule has 0 unspecified atom stereocenters. The minimum absolute atomic E-state index is 0.0298. The fourth-order valence-corrected chi connectivity index (χ4v) is 5.52. The molecule has 0 radical (unpaired) electrons. The summed E-state index contributed by atoms with van der Waals surface area (Å²) in [6.07, 6.45) is 0. The number of ether oxygens (including phenoxy) is 1. The number of halogens is 1. The van der Waals surface area contributed by atoms with Crippen molar-refractivity contribution in [1.29, 1.82) is 0 Å². The van der Waals surface area contributed by atoms with Crippen LogP contribution in [0.15, 0.2) is 69.9 Å². The molecule has 6 nitrogen and oxygen atoms in total. The van der Waals surface area contributed by atoms with E-state index >= 15 is 0 Å². The predicted octanol–water partition coefficient (Wildman–Crippen LogP) is 6.12. The number of hydrogen-bond donors (Lipinski definition) is 0. The highest BCUT2D eigenvalue weighted by molar-refractivity contribution is 7.22. The molecule has 6 rings (SSSR count). The zero-order valence-electron chi connectivity index (χ0n) is 18.2. The third-order valence-electron chi connectivity index (χ3n) is 6.02. The lowest BCUT2D eigenvalue weighted by Gasteiger charge is -2.22. The summed E-state index contributed by atoms with van der Waals surface area (Å²) in [5.74, 6) is 0.330. The van der Waals surface area contributed by atoms with Gasteiger partial charge in [-0.25, -0.2) is 4.98 Å². The molecule has 168 valence electrons. The van der Waals surface area contributed by atoms with E-state index < -0.39 is 11.9 Å². The van der Waals surface area contributed by atoms with Gasteiger partial charge in [0.25, 0.3) is 5.91 Å². The first-order valence-corrected chi connectivity index (χ1v) is 11.7. The Morgan fingerprint density at radius 1 is 1.06 bits per heavy atom. The first kappa shape index (κ1) is 20.9. The maximum atomic E-state index is 13.7. The number of methoxy groups -OCH3 is 1. The standard InChI is InChI=1S/C26H17ClN2O4S/c1-13-3-5-14(6-4-13)22-21-23(30)17-11-15(27)7-10-19(17)33-24(21)25(31)29(22)26-28-18-9-8-16(32-2)12-20(18)34-26/h3-12,22H,1-2H3/t22-/m0/s1. The van der Waals surface area contributed by atoms with Gasteiger partial charge in [0, 0.05) is 5.02 Å². The minimum Gasteiger partial charge on any atom is -0.497 e. The lowest BCUT2D eigenvalue weighted by atomic mass is 9.98. The maximum Gasteiger partial charge on any atom is 0.297 e. The van der Waals surface area contributed by atoms with Gasteiger partial charge in [-0.05, 0) is 48.9 Å². The summed E-state index contributed by atoms with van der Waals surface area (Å²) >= 11 is 7.52. The van der Waals surface area contributed by atoms with Crippen LogP contribution in [0.4, 0.5) is 5.13 Å². The molecule has 0 N–H and O–H groups in total. The van der Waals surface area contributed by atoms with Gasteiger partial charge in [-0.15, -0.1) is 0 Å². The first-order chi connectivity index (χ1) is 16.4. The normalized spacial score (nSPS) is 15.3. The van der Waals surface area contributed by atoms with E-state index in [1.54, 1.807) is 30.2 Å². The van der Waals surface area contributed by atoms with Gasteiger partial charge in [0.15, 0.2) is 10.6 Å². The van der Waals surface area contributed by atoms with Crippen LogP contribution in [0.3, 0.4) is 0 Å². The number of hydrogen-bond acceptors (Lipinski definition) is 6. The number of fused-ring (bicyclic) bond motifs is 3. The third kappa shape index (κ3) is 3.12.